The molecule has 92 valence electrons. The quantitative estimate of drug-likeness (QED) is 0.651. The minimum atomic E-state index is -0.987. The molecule has 1 fully saturated rings. The molecule has 0 aliphatic carbocycles. The Balaban J connectivity index is 2.61. The van der Waals surface area contributed by atoms with Crippen LogP contribution in [0.5, 0.6) is 0 Å². The third kappa shape index (κ3) is 3.20. The van der Waals surface area contributed by atoms with Crippen molar-refractivity contribution in [1.29, 1.82) is 0 Å². The Morgan fingerprint density at radius 3 is 2.44 bits per heavy atom. The number of nitrogens with one attached hydrogen (secondary N) is 2. The summed E-state index contributed by atoms with van der Waals surface area (Å²) in [6.07, 6.45) is 1.74. The van der Waals surface area contributed by atoms with Gasteiger partial charge in [0.05, 0.1) is 6.04 Å². The summed E-state index contributed by atoms with van der Waals surface area (Å²) in [6, 6.07) is -1.08. The molecule has 0 aromatic carbocycles. The summed E-state index contributed by atoms with van der Waals surface area (Å²) in [4.78, 5) is 22.8. The fraction of sp³-hybridized carbons (Fsp3) is 0.818. The Morgan fingerprint density at radius 2 is 2.06 bits per heavy atom. The molecule has 0 saturated carbocycles. The van der Waals surface area contributed by atoms with Crippen molar-refractivity contribution in [1.82, 2.24) is 10.6 Å². The first-order valence-electron chi connectivity index (χ1n) is 5.59. The van der Waals surface area contributed by atoms with Crippen LogP contribution in [-0.4, -0.2) is 35.6 Å². The van der Waals surface area contributed by atoms with E-state index < -0.39 is 17.4 Å². The van der Waals surface area contributed by atoms with Crippen molar-refractivity contribution in [3.05, 3.63) is 0 Å². The third-order valence-electron chi connectivity index (χ3n) is 2.78. The summed E-state index contributed by atoms with van der Waals surface area (Å²) in [5, 5.41) is 14.7. The van der Waals surface area contributed by atoms with Crippen LogP contribution < -0.4 is 10.6 Å². The number of amides is 1. The highest BCUT2D eigenvalue weighted by atomic mass is 16.4. The fourth-order valence-electron chi connectivity index (χ4n) is 1.80. The molecular weight excluding hydrogens is 208 g/mol. The minimum absolute atomic E-state index is 0.208. The monoisotopic (exact) mass is 228 g/mol. The van der Waals surface area contributed by atoms with Crippen molar-refractivity contribution in [3.63, 3.8) is 0 Å². The maximum Gasteiger partial charge on any atom is 0.326 e. The number of hydrogen-bond acceptors (Lipinski definition) is 3. The van der Waals surface area contributed by atoms with Crippen molar-refractivity contribution < 1.29 is 14.7 Å². The molecule has 0 radical (unpaired) electrons. The van der Waals surface area contributed by atoms with E-state index in [1.54, 1.807) is 20.8 Å². The van der Waals surface area contributed by atoms with E-state index in [0.29, 0.717) is 0 Å². The normalized spacial score (nSPS) is 22.8. The van der Waals surface area contributed by atoms with Crippen LogP contribution in [-0.2, 0) is 9.59 Å². The van der Waals surface area contributed by atoms with Gasteiger partial charge in [-0.25, -0.2) is 4.79 Å². The zero-order valence-electron chi connectivity index (χ0n) is 10.0. The second-order valence-electron chi connectivity index (χ2n) is 5.29. The molecule has 3 N–H and O–H groups in total. The molecule has 0 aromatic heterocycles. The molecule has 1 rings (SSSR count). The second-order valence-corrected chi connectivity index (χ2v) is 5.29. The molecule has 5 heteroatoms. The Kier molecular flexibility index (Phi) is 3.91. The molecule has 1 aliphatic rings. The van der Waals surface area contributed by atoms with Crippen LogP contribution in [0.25, 0.3) is 0 Å². The number of carbonyl (C=O) groups is 2. The van der Waals surface area contributed by atoms with Gasteiger partial charge < -0.3 is 15.7 Å². The summed E-state index contributed by atoms with van der Waals surface area (Å²) >= 11 is 0. The number of carboxylic acid groups (broad SMARTS) is 1. The smallest absolute Gasteiger partial charge is 0.326 e. The van der Waals surface area contributed by atoms with Gasteiger partial charge in [-0.05, 0) is 24.8 Å². The molecule has 2 atom stereocenters. The van der Waals surface area contributed by atoms with Crippen LogP contribution >= 0.6 is 0 Å². The van der Waals surface area contributed by atoms with E-state index in [-0.39, 0.29) is 11.9 Å². The molecule has 1 amide bonds. The highest BCUT2D eigenvalue weighted by Crippen LogP contribution is 2.20. The largest absolute Gasteiger partial charge is 0.480 e. The zero-order valence-corrected chi connectivity index (χ0v) is 10.0. The molecule has 5 nitrogen and oxygen atoms in total. The van der Waals surface area contributed by atoms with Gasteiger partial charge in [-0.1, -0.05) is 20.8 Å². The average Bonchev–Trinajstić information content (AvgIpc) is 2.63. The van der Waals surface area contributed by atoms with Crippen LogP contribution in [0.3, 0.4) is 0 Å². The van der Waals surface area contributed by atoms with Gasteiger partial charge in [-0.3, -0.25) is 4.79 Å². The van der Waals surface area contributed by atoms with Gasteiger partial charge in [-0.2, -0.15) is 0 Å². The predicted octanol–water partition coefficient (Wildman–Crippen LogP) is 0.354. The van der Waals surface area contributed by atoms with E-state index >= 15 is 0 Å². The maximum atomic E-state index is 11.8. The molecule has 1 unspecified atom stereocenters. The summed E-state index contributed by atoms with van der Waals surface area (Å²) in [6.45, 7) is 6.22. The van der Waals surface area contributed by atoms with Gasteiger partial charge in [0.2, 0.25) is 5.91 Å². The van der Waals surface area contributed by atoms with E-state index in [2.05, 4.69) is 10.6 Å². The van der Waals surface area contributed by atoms with E-state index in [0.717, 1.165) is 19.4 Å². The maximum absolute atomic E-state index is 11.8. The lowest BCUT2D eigenvalue weighted by atomic mass is 9.86. The van der Waals surface area contributed by atoms with Gasteiger partial charge in [0.15, 0.2) is 0 Å². The molecule has 0 spiro atoms. The molecule has 1 aliphatic heterocycles. The Morgan fingerprint density at radius 1 is 1.44 bits per heavy atom. The highest BCUT2D eigenvalue weighted by Gasteiger charge is 2.34. The lowest BCUT2D eigenvalue weighted by molar-refractivity contribution is -0.145. The minimum Gasteiger partial charge on any atom is -0.480 e. The zero-order chi connectivity index (χ0) is 12.3. The summed E-state index contributed by atoms with van der Waals surface area (Å²) in [5.74, 6) is -1.20. The van der Waals surface area contributed by atoms with Crippen LogP contribution in [0.4, 0.5) is 0 Å². The van der Waals surface area contributed by atoms with Crippen molar-refractivity contribution >= 4 is 11.9 Å². The molecule has 1 saturated heterocycles. The van der Waals surface area contributed by atoms with Crippen molar-refractivity contribution in [2.45, 2.75) is 45.7 Å². The summed E-state index contributed by atoms with van der Waals surface area (Å²) in [5.41, 5.74) is -0.486. The number of rotatable bonds is 3. The first-order chi connectivity index (χ1) is 7.32. The van der Waals surface area contributed by atoms with Crippen molar-refractivity contribution in [2.24, 2.45) is 5.41 Å². The number of hydrogen-bond donors (Lipinski definition) is 3. The second kappa shape index (κ2) is 4.82. The molecule has 1 heterocycles. The highest BCUT2D eigenvalue weighted by molar-refractivity contribution is 5.87. The standard InChI is InChI=1S/C11H20N2O3/c1-11(2,3)8(10(15)16)13-9(14)7-5-4-6-12-7/h7-8,12H,4-6H2,1-3H3,(H,13,14)(H,15,16)/t7?,8-/m1/s1. The van der Waals surface area contributed by atoms with Crippen LogP contribution in [0.15, 0.2) is 0 Å². The lowest BCUT2D eigenvalue weighted by Gasteiger charge is -2.28. The van der Waals surface area contributed by atoms with E-state index in [1.807, 2.05) is 0 Å². The van der Waals surface area contributed by atoms with E-state index in [9.17, 15) is 9.59 Å². The van der Waals surface area contributed by atoms with Crippen LogP contribution in [0.1, 0.15) is 33.6 Å². The first-order valence-corrected chi connectivity index (χ1v) is 5.59. The van der Waals surface area contributed by atoms with Gasteiger partial charge in [0, 0.05) is 0 Å². The molecule has 16 heavy (non-hydrogen) atoms. The number of carboxylic acids is 1. The summed E-state index contributed by atoms with van der Waals surface area (Å²) in [7, 11) is 0. The van der Waals surface area contributed by atoms with Crippen molar-refractivity contribution in [2.75, 3.05) is 6.54 Å². The molecule has 0 aromatic rings. The van der Waals surface area contributed by atoms with E-state index in [4.69, 9.17) is 5.11 Å². The van der Waals surface area contributed by atoms with Gasteiger partial charge >= 0.3 is 5.97 Å². The van der Waals surface area contributed by atoms with Gasteiger partial charge in [0.1, 0.15) is 6.04 Å². The first kappa shape index (κ1) is 13.0. The molecule has 0 bridgehead atoms. The SMILES string of the molecule is CC(C)(C)[C@H](NC(=O)C1CCCN1)C(=O)O. The molecular formula is C11H20N2O3. The number of aliphatic carboxylic acids is 1. The van der Waals surface area contributed by atoms with Gasteiger partial charge in [-0.15, -0.1) is 0 Å². The average molecular weight is 228 g/mol. The Bertz CT molecular complexity index is 277. The topological polar surface area (TPSA) is 78.4 Å². The third-order valence-corrected chi connectivity index (χ3v) is 2.78. The Hall–Kier alpha value is -1.10. The van der Waals surface area contributed by atoms with Crippen molar-refractivity contribution in [3.8, 4) is 0 Å². The van der Waals surface area contributed by atoms with Crippen LogP contribution in [0.2, 0.25) is 0 Å². The number of carbonyl (C=O) groups excluding carboxylic acids is 1. The van der Waals surface area contributed by atoms with Gasteiger partial charge in [0.25, 0.3) is 0 Å². The van der Waals surface area contributed by atoms with E-state index in [1.165, 1.54) is 0 Å². The predicted molar refractivity (Wildman–Crippen MR) is 60.0 cm³/mol. The fourth-order valence-corrected chi connectivity index (χ4v) is 1.80. The Labute approximate surface area is 95.6 Å². The summed E-state index contributed by atoms with van der Waals surface area (Å²) < 4.78 is 0. The lowest BCUT2D eigenvalue weighted by Crippen LogP contribution is -2.53. The van der Waals surface area contributed by atoms with Crippen LogP contribution in [0, 0.1) is 5.41 Å².